The van der Waals surface area contributed by atoms with E-state index in [4.69, 9.17) is 4.98 Å². The summed E-state index contributed by atoms with van der Waals surface area (Å²) in [5.41, 5.74) is 1.44. The number of nitrogens with one attached hydrogen (secondary N) is 1. The Morgan fingerprint density at radius 3 is 2.53 bits per heavy atom. The lowest BCUT2D eigenvalue weighted by molar-refractivity contribution is 0.442. The van der Waals surface area contributed by atoms with Gasteiger partial charge in [-0.1, -0.05) is 19.3 Å². The minimum absolute atomic E-state index is 0.775. The molecule has 0 aromatic carbocycles. The molecule has 2 fully saturated rings. The Bertz CT molecular complexity index is 376. The van der Waals surface area contributed by atoms with Crippen LogP contribution >= 0.6 is 11.3 Å². The summed E-state index contributed by atoms with van der Waals surface area (Å²) in [5, 5.41) is 4.74. The lowest BCUT2D eigenvalue weighted by atomic mass is 9.90. The van der Waals surface area contributed by atoms with E-state index in [0.29, 0.717) is 0 Å². The van der Waals surface area contributed by atoms with Crippen LogP contribution in [0.3, 0.4) is 0 Å². The van der Waals surface area contributed by atoms with E-state index in [0.717, 1.165) is 18.4 Å². The first-order chi connectivity index (χ1) is 8.38. The molecule has 17 heavy (non-hydrogen) atoms. The van der Waals surface area contributed by atoms with Crippen molar-refractivity contribution in [2.75, 3.05) is 7.05 Å². The normalized spacial score (nSPS) is 21.9. The molecule has 0 radical (unpaired) electrons. The molecule has 3 heteroatoms. The van der Waals surface area contributed by atoms with Crippen molar-refractivity contribution in [3.8, 4) is 0 Å². The molecule has 2 saturated carbocycles. The Labute approximate surface area is 108 Å². The van der Waals surface area contributed by atoms with Crippen molar-refractivity contribution in [3.63, 3.8) is 0 Å². The van der Waals surface area contributed by atoms with Crippen molar-refractivity contribution < 1.29 is 0 Å². The van der Waals surface area contributed by atoms with E-state index in [9.17, 15) is 0 Å². The second-order valence-electron chi connectivity index (χ2n) is 5.50. The quantitative estimate of drug-likeness (QED) is 0.879. The molecule has 94 valence electrons. The van der Waals surface area contributed by atoms with Crippen molar-refractivity contribution in [2.24, 2.45) is 0 Å². The van der Waals surface area contributed by atoms with Gasteiger partial charge >= 0.3 is 0 Å². The first-order valence-corrected chi connectivity index (χ1v) is 7.84. The van der Waals surface area contributed by atoms with Crippen LogP contribution in [-0.2, 0) is 6.54 Å². The molecule has 0 saturated heterocycles. The lowest BCUT2D eigenvalue weighted by Crippen LogP contribution is -2.05. The highest BCUT2D eigenvalue weighted by atomic mass is 32.1. The van der Waals surface area contributed by atoms with Crippen LogP contribution in [0.4, 0.5) is 0 Å². The number of aromatic nitrogens is 1. The van der Waals surface area contributed by atoms with Gasteiger partial charge < -0.3 is 5.32 Å². The van der Waals surface area contributed by atoms with Crippen LogP contribution in [0.25, 0.3) is 0 Å². The van der Waals surface area contributed by atoms with E-state index < -0.39 is 0 Å². The Morgan fingerprint density at radius 2 is 1.88 bits per heavy atom. The summed E-state index contributed by atoms with van der Waals surface area (Å²) in [7, 11) is 2.04. The molecule has 2 aliphatic rings. The highest BCUT2D eigenvalue weighted by Crippen LogP contribution is 2.45. The van der Waals surface area contributed by atoms with Gasteiger partial charge in [0.05, 0.1) is 10.7 Å². The number of hydrogen-bond donors (Lipinski definition) is 1. The fourth-order valence-corrected chi connectivity index (χ4v) is 4.20. The molecule has 1 N–H and O–H groups in total. The topological polar surface area (TPSA) is 24.9 Å². The smallest absolute Gasteiger partial charge is 0.0962 e. The maximum absolute atomic E-state index is 4.99. The molecule has 1 aromatic rings. The van der Waals surface area contributed by atoms with Gasteiger partial charge in [0.25, 0.3) is 0 Å². The SMILES string of the molecule is CNCc1sc(C2CCCCC2)nc1C1CC1. The van der Waals surface area contributed by atoms with Crippen LogP contribution in [0.15, 0.2) is 0 Å². The zero-order valence-electron chi connectivity index (χ0n) is 10.7. The Kier molecular flexibility index (Phi) is 3.48. The molecule has 1 aromatic heterocycles. The molecule has 0 unspecified atom stereocenters. The molecular weight excluding hydrogens is 228 g/mol. The van der Waals surface area contributed by atoms with Crippen LogP contribution in [0.2, 0.25) is 0 Å². The van der Waals surface area contributed by atoms with Crippen LogP contribution in [0, 0.1) is 0 Å². The fourth-order valence-electron chi connectivity index (χ4n) is 2.87. The van der Waals surface area contributed by atoms with Gasteiger partial charge in [-0.3, -0.25) is 0 Å². The van der Waals surface area contributed by atoms with Gasteiger partial charge in [-0.2, -0.15) is 0 Å². The monoisotopic (exact) mass is 250 g/mol. The largest absolute Gasteiger partial charge is 0.315 e. The maximum atomic E-state index is 4.99. The van der Waals surface area contributed by atoms with Gasteiger partial charge in [-0.05, 0) is 32.7 Å². The maximum Gasteiger partial charge on any atom is 0.0962 e. The number of nitrogens with zero attached hydrogens (tertiary/aromatic N) is 1. The van der Waals surface area contributed by atoms with E-state index in [1.54, 1.807) is 0 Å². The first kappa shape index (κ1) is 11.7. The van der Waals surface area contributed by atoms with Crippen LogP contribution in [0.1, 0.15) is 72.4 Å². The van der Waals surface area contributed by atoms with E-state index in [-0.39, 0.29) is 0 Å². The van der Waals surface area contributed by atoms with Gasteiger partial charge in [-0.15, -0.1) is 11.3 Å². The third-order valence-corrected chi connectivity index (χ3v) is 5.23. The fraction of sp³-hybridized carbons (Fsp3) is 0.786. The highest BCUT2D eigenvalue weighted by molar-refractivity contribution is 7.11. The van der Waals surface area contributed by atoms with Gasteiger partial charge in [0.1, 0.15) is 0 Å². The standard InChI is InChI=1S/C14H22N2S/c1-15-9-12-13(10-7-8-10)16-14(17-12)11-5-3-2-4-6-11/h10-11,15H,2-9H2,1H3. The van der Waals surface area contributed by atoms with Crippen LogP contribution in [-0.4, -0.2) is 12.0 Å². The van der Waals surface area contributed by atoms with Crippen molar-refractivity contribution in [1.82, 2.24) is 10.3 Å². The zero-order chi connectivity index (χ0) is 11.7. The van der Waals surface area contributed by atoms with E-state index in [2.05, 4.69) is 5.32 Å². The summed E-state index contributed by atoms with van der Waals surface area (Å²) in [6.45, 7) is 1.01. The van der Waals surface area contributed by atoms with Crippen molar-refractivity contribution in [1.29, 1.82) is 0 Å². The average Bonchev–Trinajstić information content (AvgIpc) is 3.13. The predicted octanol–water partition coefficient (Wildman–Crippen LogP) is 3.79. The van der Waals surface area contributed by atoms with E-state index >= 15 is 0 Å². The minimum Gasteiger partial charge on any atom is -0.315 e. The molecule has 0 aliphatic heterocycles. The molecule has 0 atom stereocenters. The van der Waals surface area contributed by atoms with Crippen LogP contribution in [0.5, 0.6) is 0 Å². The average molecular weight is 250 g/mol. The van der Waals surface area contributed by atoms with Crippen molar-refractivity contribution in [2.45, 2.75) is 63.3 Å². The molecule has 0 amide bonds. The molecule has 2 aliphatic carbocycles. The van der Waals surface area contributed by atoms with E-state index in [1.165, 1.54) is 60.5 Å². The Morgan fingerprint density at radius 1 is 1.12 bits per heavy atom. The predicted molar refractivity (Wildman–Crippen MR) is 72.7 cm³/mol. The molecular formula is C14H22N2S. The van der Waals surface area contributed by atoms with Gasteiger partial charge in [0.2, 0.25) is 0 Å². The Balaban J connectivity index is 1.81. The number of rotatable bonds is 4. The second-order valence-corrected chi connectivity index (χ2v) is 6.62. The number of hydrogen-bond acceptors (Lipinski definition) is 3. The number of thiazole rings is 1. The minimum atomic E-state index is 0.775. The Hall–Kier alpha value is -0.410. The van der Waals surface area contributed by atoms with Gasteiger partial charge in [0, 0.05) is 23.3 Å². The first-order valence-electron chi connectivity index (χ1n) is 7.02. The lowest BCUT2D eigenvalue weighted by Gasteiger charge is -2.18. The summed E-state index contributed by atoms with van der Waals surface area (Å²) in [4.78, 5) is 6.50. The summed E-state index contributed by atoms with van der Waals surface area (Å²) in [5.74, 6) is 1.57. The summed E-state index contributed by atoms with van der Waals surface area (Å²) < 4.78 is 0. The molecule has 2 nitrogen and oxygen atoms in total. The summed E-state index contributed by atoms with van der Waals surface area (Å²) in [6.07, 6.45) is 9.72. The molecule has 0 spiro atoms. The molecule has 0 bridgehead atoms. The van der Waals surface area contributed by atoms with Crippen molar-refractivity contribution in [3.05, 3.63) is 15.6 Å². The zero-order valence-corrected chi connectivity index (χ0v) is 11.5. The molecule has 3 rings (SSSR count). The third kappa shape index (κ3) is 2.55. The van der Waals surface area contributed by atoms with Crippen LogP contribution < -0.4 is 5.32 Å². The second kappa shape index (κ2) is 5.07. The summed E-state index contributed by atoms with van der Waals surface area (Å²) in [6, 6.07) is 0. The highest BCUT2D eigenvalue weighted by Gasteiger charge is 2.30. The van der Waals surface area contributed by atoms with Gasteiger partial charge in [-0.25, -0.2) is 4.98 Å². The summed E-state index contributed by atoms with van der Waals surface area (Å²) >= 11 is 1.99. The van der Waals surface area contributed by atoms with Gasteiger partial charge in [0.15, 0.2) is 0 Å². The third-order valence-electron chi connectivity index (χ3n) is 4.00. The molecule has 1 heterocycles. The van der Waals surface area contributed by atoms with E-state index in [1.807, 2.05) is 18.4 Å². The van der Waals surface area contributed by atoms with Crippen molar-refractivity contribution >= 4 is 11.3 Å².